The van der Waals surface area contributed by atoms with Gasteiger partial charge in [0.1, 0.15) is 5.75 Å². The van der Waals surface area contributed by atoms with Gasteiger partial charge in [-0.3, -0.25) is 0 Å². The molecule has 0 radical (unpaired) electrons. The molecule has 3 aromatic rings. The van der Waals surface area contributed by atoms with E-state index < -0.39 is 5.69 Å². The summed E-state index contributed by atoms with van der Waals surface area (Å²) in [5.41, 5.74) is 0.352. The van der Waals surface area contributed by atoms with Gasteiger partial charge in [-0.25, -0.2) is 4.79 Å². The van der Waals surface area contributed by atoms with Crippen molar-refractivity contribution in [1.82, 2.24) is 30.2 Å². The van der Waals surface area contributed by atoms with Crippen molar-refractivity contribution in [2.24, 2.45) is 7.05 Å². The maximum atomic E-state index is 11.8. The lowest BCUT2D eigenvalue weighted by molar-refractivity contribution is 0.244. The molecule has 0 atom stereocenters. The summed E-state index contributed by atoms with van der Waals surface area (Å²) >= 11 is 0. The zero-order chi connectivity index (χ0) is 15.7. The Hall–Kier alpha value is -2.97. The molecule has 0 spiro atoms. The van der Waals surface area contributed by atoms with E-state index >= 15 is 0 Å². The van der Waals surface area contributed by atoms with Crippen LogP contribution in [-0.2, 0) is 13.7 Å². The van der Waals surface area contributed by atoms with Crippen LogP contribution in [-0.4, -0.2) is 30.2 Å². The third-order valence-electron chi connectivity index (χ3n) is 2.84. The molecule has 0 aliphatic heterocycles. The van der Waals surface area contributed by atoms with Gasteiger partial charge in [-0.05, 0) is 29.0 Å². The molecule has 0 aliphatic carbocycles. The van der Waals surface area contributed by atoms with E-state index in [-0.39, 0.29) is 18.2 Å². The summed E-state index contributed by atoms with van der Waals surface area (Å²) in [5.74, 6) is 0.981. The first-order chi connectivity index (χ1) is 10.6. The molecule has 0 N–H and O–H groups in total. The molecular formula is C12H12N6O3. The summed E-state index contributed by atoms with van der Waals surface area (Å²) < 4.78 is 20.2. The van der Waals surface area contributed by atoms with Gasteiger partial charge < -0.3 is 9.26 Å². The van der Waals surface area contributed by atoms with Crippen molar-refractivity contribution in [3.8, 4) is 11.6 Å². The summed E-state index contributed by atoms with van der Waals surface area (Å²) in [6.07, 6.45) is 0. The lowest BCUT2D eigenvalue weighted by Crippen LogP contribution is -2.23. The summed E-state index contributed by atoms with van der Waals surface area (Å²) in [6, 6.07) is 5.39. The van der Waals surface area contributed by atoms with Crippen molar-refractivity contribution in [3.63, 3.8) is 0 Å². The van der Waals surface area contributed by atoms with Gasteiger partial charge in [-0.2, -0.15) is 4.68 Å². The lowest BCUT2D eigenvalue weighted by atomic mass is 10.2. The summed E-state index contributed by atoms with van der Waals surface area (Å²) in [7, 11) is 1.47. The lowest BCUT2D eigenvalue weighted by Gasteiger charge is -2.06. The van der Waals surface area contributed by atoms with Crippen LogP contribution in [0.2, 0.25) is 0 Å². The second-order valence-corrected chi connectivity index (χ2v) is 4.30. The summed E-state index contributed by atoms with van der Waals surface area (Å²) in [5, 5.41) is 14.4. The second kappa shape index (κ2) is 5.19. The van der Waals surface area contributed by atoms with Crippen LogP contribution in [0.3, 0.4) is 0 Å². The van der Waals surface area contributed by atoms with Crippen LogP contribution in [0.25, 0.3) is 5.82 Å². The summed E-state index contributed by atoms with van der Waals surface area (Å²) in [4.78, 5) is 11.8. The van der Waals surface area contributed by atoms with Gasteiger partial charge in [-0.1, -0.05) is 23.3 Å². The highest BCUT2D eigenvalue weighted by Crippen LogP contribution is 2.18. The average molecular weight is 290 g/mol. The van der Waals surface area contributed by atoms with Gasteiger partial charge in [0, 0.05) is 12.3 Å². The molecule has 0 bridgehead atoms. The largest absolute Gasteiger partial charge is 0.485 e. The molecule has 9 heteroatoms. The number of ether oxygens (including phenoxy) is 1. The van der Waals surface area contributed by atoms with Crippen molar-refractivity contribution >= 4 is 0 Å². The molecule has 0 amide bonds. The number of hydrogen-bond donors (Lipinski definition) is 0. The Labute approximate surface area is 120 Å². The number of hydrogen-bond acceptors (Lipinski definition) is 7. The highest BCUT2D eigenvalue weighted by Gasteiger charge is 2.18. The zero-order valence-electron chi connectivity index (χ0n) is 12.3. The van der Waals surface area contributed by atoms with Crippen molar-refractivity contribution in [1.29, 1.82) is 0 Å². The minimum Gasteiger partial charge on any atom is -0.485 e. The van der Waals surface area contributed by atoms with E-state index in [0.29, 0.717) is 11.8 Å². The van der Waals surface area contributed by atoms with E-state index in [0.717, 1.165) is 14.9 Å². The van der Waals surface area contributed by atoms with Crippen molar-refractivity contribution in [2.75, 3.05) is 0 Å². The number of benzene rings is 1. The number of tetrazole rings is 1. The second-order valence-electron chi connectivity index (χ2n) is 4.30. The van der Waals surface area contributed by atoms with Gasteiger partial charge >= 0.3 is 5.69 Å². The first kappa shape index (κ1) is 11.8. The standard InChI is InChI=1S/C12H12N6O3/c1-8-5-3-4-6-9(8)20-7-10-11(13-16-21-10)18-12(19)17(2)14-15-18/h3-6H,7H2,1-2H3/i3T. The van der Waals surface area contributed by atoms with Crippen LogP contribution in [0.4, 0.5) is 0 Å². The number of nitrogens with zero attached hydrogens (tertiary/aromatic N) is 6. The van der Waals surface area contributed by atoms with Crippen LogP contribution in [0, 0.1) is 6.92 Å². The van der Waals surface area contributed by atoms with Gasteiger partial charge in [0.25, 0.3) is 0 Å². The molecule has 0 saturated carbocycles. The first-order valence-electron chi connectivity index (χ1n) is 6.57. The predicted octanol–water partition coefficient (Wildman–Crippen LogP) is 0.236. The Morgan fingerprint density at radius 3 is 3.00 bits per heavy atom. The molecule has 0 saturated heterocycles. The van der Waals surface area contributed by atoms with E-state index in [1.165, 1.54) is 7.05 Å². The number of aryl methyl sites for hydroxylation is 2. The maximum Gasteiger partial charge on any atom is 0.369 e. The van der Waals surface area contributed by atoms with Gasteiger partial charge in [0.2, 0.25) is 11.6 Å². The zero-order valence-corrected chi connectivity index (χ0v) is 11.3. The van der Waals surface area contributed by atoms with Crippen molar-refractivity contribution in [2.45, 2.75) is 13.5 Å². The fourth-order valence-corrected chi connectivity index (χ4v) is 1.71. The van der Waals surface area contributed by atoms with Gasteiger partial charge in [0.05, 0.1) is 1.37 Å². The van der Waals surface area contributed by atoms with Crippen LogP contribution < -0.4 is 10.4 Å². The molecule has 0 fully saturated rings. The highest BCUT2D eigenvalue weighted by atomic mass is 16.5. The van der Waals surface area contributed by atoms with Gasteiger partial charge in [-0.15, -0.1) is 4.68 Å². The monoisotopic (exact) mass is 290 g/mol. The molecule has 3 rings (SSSR count). The van der Waals surface area contributed by atoms with Crippen LogP contribution in [0.15, 0.2) is 33.6 Å². The number of para-hydroxylation sites is 1. The Bertz CT molecular complexity index is 868. The average Bonchev–Trinajstić information content (AvgIpc) is 3.06. The molecule has 21 heavy (non-hydrogen) atoms. The van der Waals surface area contributed by atoms with E-state index in [1.807, 2.05) is 6.92 Å². The fourth-order valence-electron chi connectivity index (χ4n) is 1.71. The number of aromatic nitrogens is 6. The Morgan fingerprint density at radius 2 is 2.29 bits per heavy atom. The molecule has 108 valence electrons. The molecule has 0 unspecified atom stereocenters. The fraction of sp³-hybridized carbons (Fsp3) is 0.250. The van der Waals surface area contributed by atoms with E-state index in [1.54, 1.807) is 18.2 Å². The summed E-state index contributed by atoms with van der Waals surface area (Å²) in [6.45, 7) is 1.85. The predicted molar refractivity (Wildman–Crippen MR) is 70.0 cm³/mol. The molecule has 9 nitrogen and oxygen atoms in total. The van der Waals surface area contributed by atoms with Crippen molar-refractivity contribution < 1.29 is 10.6 Å². The highest BCUT2D eigenvalue weighted by molar-refractivity contribution is 5.32. The van der Waals surface area contributed by atoms with Crippen molar-refractivity contribution in [3.05, 3.63) is 46.0 Å². The van der Waals surface area contributed by atoms with E-state index in [9.17, 15) is 4.79 Å². The molecular weight excluding hydrogens is 276 g/mol. The Balaban J connectivity index is 1.84. The van der Waals surface area contributed by atoms with Crippen LogP contribution in [0.1, 0.15) is 12.7 Å². The third kappa shape index (κ3) is 2.40. The van der Waals surface area contributed by atoms with E-state index in [2.05, 4.69) is 20.8 Å². The maximum absolute atomic E-state index is 11.8. The number of rotatable bonds is 4. The normalized spacial score (nSPS) is 11.4. The third-order valence-corrected chi connectivity index (χ3v) is 2.84. The minimum absolute atomic E-state index is 0.0174. The van der Waals surface area contributed by atoms with Gasteiger partial charge in [0.15, 0.2) is 6.61 Å². The SMILES string of the molecule is [3H]c1ccc(OCc2onnc2-n2nnn(C)c2=O)c(C)c1. The van der Waals surface area contributed by atoms with Crippen LogP contribution in [0.5, 0.6) is 5.75 Å². The molecule has 2 aromatic heterocycles. The molecule has 2 heterocycles. The Kier molecular flexibility index (Phi) is 2.92. The topological polar surface area (TPSA) is 101 Å². The first-order valence-corrected chi connectivity index (χ1v) is 6.07. The molecule has 1 aromatic carbocycles. The Morgan fingerprint density at radius 1 is 1.43 bits per heavy atom. The molecule has 0 aliphatic rings. The smallest absolute Gasteiger partial charge is 0.369 e. The quantitative estimate of drug-likeness (QED) is 0.678. The minimum atomic E-state index is -0.466. The van der Waals surface area contributed by atoms with E-state index in [4.69, 9.17) is 10.6 Å². The van der Waals surface area contributed by atoms with Crippen LogP contribution >= 0.6 is 0 Å².